The molecule has 0 aliphatic heterocycles. The molecule has 0 bridgehead atoms. The van der Waals surface area contributed by atoms with E-state index in [-0.39, 0.29) is 5.75 Å². The highest BCUT2D eigenvalue weighted by atomic mass is 32.2. The van der Waals surface area contributed by atoms with Crippen LogP contribution in [-0.2, 0) is 14.1 Å². The van der Waals surface area contributed by atoms with Crippen LogP contribution in [0.1, 0.15) is 45.4 Å². The summed E-state index contributed by atoms with van der Waals surface area (Å²) in [6, 6.07) is 0. The Morgan fingerprint density at radius 3 is 2.15 bits per heavy atom. The normalized spacial score (nSPS) is 11.8. The van der Waals surface area contributed by atoms with Crippen molar-refractivity contribution < 1.29 is 12.4 Å². The van der Waals surface area contributed by atoms with Gasteiger partial charge in [0.1, 0.15) is 0 Å². The van der Waals surface area contributed by atoms with E-state index in [2.05, 4.69) is 10.9 Å². The average Bonchev–Trinajstić information content (AvgIpc) is 2.11. The molecule has 0 N–H and O–H groups in total. The third-order valence-electron chi connectivity index (χ3n) is 1.89. The van der Waals surface area contributed by atoms with E-state index < -0.39 is 10.1 Å². The molecule has 0 aliphatic rings. The first-order valence-electron chi connectivity index (χ1n) is 4.73. The Kier molecular flexibility index (Phi) is 7.92. The molecule has 13 heavy (non-hydrogen) atoms. The Morgan fingerprint density at radius 1 is 1.08 bits per heavy atom. The summed E-state index contributed by atoms with van der Waals surface area (Å²) in [7, 11) is -1.47. The zero-order valence-electron chi connectivity index (χ0n) is 8.16. The van der Waals surface area contributed by atoms with Crippen molar-refractivity contribution in [3.8, 4) is 0 Å². The molecule has 3 nitrogen and oxygen atoms in total. The summed E-state index contributed by atoms with van der Waals surface area (Å²) in [5.74, 6) is 0.141. The molecule has 0 rings (SSSR count). The predicted octanol–water partition coefficient (Wildman–Crippen LogP) is 2.48. The van der Waals surface area contributed by atoms with Crippen LogP contribution in [0, 0.1) is 0 Å². The second kappa shape index (κ2) is 7.72. The molecule has 1 atom stereocenters. The lowest BCUT2D eigenvalue weighted by Crippen LogP contribution is -2.04. The smallest absolute Gasteiger partial charge is 0.254 e. The van der Waals surface area contributed by atoms with E-state index in [9.17, 15) is 8.42 Å². The van der Waals surface area contributed by atoms with Crippen molar-refractivity contribution in [1.82, 2.24) is 0 Å². The lowest BCUT2D eigenvalue weighted by molar-refractivity contribution is 0.511. The van der Waals surface area contributed by atoms with E-state index in [1.807, 2.05) is 0 Å². The molecule has 80 valence electrons. The second-order valence-corrected chi connectivity index (χ2v) is 5.42. The molecule has 0 aromatic carbocycles. The molecule has 0 spiro atoms. The highest BCUT2D eigenvalue weighted by molar-refractivity contribution is 7.88. The predicted molar refractivity (Wildman–Crippen MR) is 58.0 cm³/mol. The van der Waals surface area contributed by atoms with Gasteiger partial charge in [-0.1, -0.05) is 39.0 Å². The van der Waals surface area contributed by atoms with Gasteiger partial charge in [-0.2, -0.15) is 8.42 Å². The highest BCUT2D eigenvalue weighted by Gasteiger charge is 2.06. The third kappa shape index (κ3) is 8.66. The maximum atomic E-state index is 10.8. The summed E-state index contributed by atoms with van der Waals surface area (Å²) in [5.41, 5.74) is 0. The lowest BCUT2D eigenvalue weighted by atomic mass is 10.1. The van der Waals surface area contributed by atoms with E-state index in [0.717, 1.165) is 12.8 Å². The maximum Gasteiger partial charge on any atom is 0.269 e. The minimum atomic E-state index is -3.25. The minimum Gasteiger partial charge on any atom is -0.254 e. The molecular formula is C8H19O3PS. The van der Waals surface area contributed by atoms with Crippen LogP contribution in [0.2, 0.25) is 0 Å². The molecule has 0 radical (unpaired) electrons. The Labute approximate surface area is 83.7 Å². The topological polar surface area (TPSA) is 43.4 Å². The van der Waals surface area contributed by atoms with Gasteiger partial charge in [0.2, 0.25) is 0 Å². The van der Waals surface area contributed by atoms with Gasteiger partial charge >= 0.3 is 0 Å². The van der Waals surface area contributed by atoms with Crippen molar-refractivity contribution in [1.29, 1.82) is 0 Å². The van der Waals surface area contributed by atoms with Crippen LogP contribution in [-0.4, -0.2) is 14.2 Å². The van der Waals surface area contributed by atoms with Gasteiger partial charge < -0.3 is 0 Å². The van der Waals surface area contributed by atoms with Crippen molar-refractivity contribution in [3.63, 3.8) is 0 Å². The Balaban J connectivity index is 3.26. The van der Waals surface area contributed by atoms with Gasteiger partial charge in [0, 0.05) is 9.47 Å². The maximum absolute atomic E-state index is 10.8. The van der Waals surface area contributed by atoms with Crippen molar-refractivity contribution in [2.45, 2.75) is 45.4 Å². The van der Waals surface area contributed by atoms with Crippen LogP contribution in [0.25, 0.3) is 0 Å². The first kappa shape index (κ1) is 13.3. The summed E-state index contributed by atoms with van der Waals surface area (Å²) in [4.78, 5) is 0. The molecule has 0 aliphatic carbocycles. The van der Waals surface area contributed by atoms with Crippen LogP contribution < -0.4 is 0 Å². The molecule has 0 saturated carbocycles. The summed E-state index contributed by atoms with van der Waals surface area (Å²) in [5, 5.41) is 0. The summed E-state index contributed by atoms with van der Waals surface area (Å²) < 4.78 is 25.9. The van der Waals surface area contributed by atoms with Crippen LogP contribution in [0.4, 0.5) is 0 Å². The lowest BCUT2D eigenvalue weighted by Gasteiger charge is -2.00. The zero-order chi connectivity index (χ0) is 10.2. The molecule has 0 aromatic rings. The van der Waals surface area contributed by atoms with E-state index in [1.54, 1.807) is 9.47 Å². The van der Waals surface area contributed by atoms with Crippen molar-refractivity contribution in [2.75, 3.05) is 5.75 Å². The van der Waals surface area contributed by atoms with Gasteiger partial charge in [-0.25, -0.2) is 0 Å². The Morgan fingerprint density at radius 2 is 1.62 bits per heavy atom. The van der Waals surface area contributed by atoms with E-state index in [0.29, 0.717) is 6.42 Å². The second-order valence-electron chi connectivity index (χ2n) is 3.13. The van der Waals surface area contributed by atoms with Crippen molar-refractivity contribution in [2.24, 2.45) is 0 Å². The van der Waals surface area contributed by atoms with Crippen LogP contribution in [0.15, 0.2) is 0 Å². The van der Waals surface area contributed by atoms with E-state index in [4.69, 9.17) is 0 Å². The molecule has 0 aromatic heterocycles. The van der Waals surface area contributed by atoms with Crippen LogP contribution in [0.3, 0.4) is 0 Å². The number of rotatable bonds is 8. The first-order valence-corrected chi connectivity index (χ1v) is 6.78. The quantitative estimate of drug-likeness (QED) is 0.471. The zero-order valence-corrected chi connectivity index (χ0v) is 10.1. The molecule has 5 heteroatoms. The summed E-state index contributed by atoms with van der Waals surface area (Å²) in [6.07, 6.45) is 6.48. The third-order valence-corrected chi connectivity index (χ3v) is 3.86. The molecule has 0 heterocycles. The Hall–Kier alpha value is 0.340. The van der Waals surface area contributed by atoms with Crippen molar-refractivity contribution in [3.05, 3.63) is 0 Å². The fraction of sp³-hybridized carbons (Fsp3) is 1.00. The molecule has 0 amide bonds. The number of unbranched alkanes of at least 4 members (excludes halogenated alkanes) is 5. The summed E-state index contributed by atoms with van der Waals surface area (Å²) in [6.45, 7) is 2.16. The first-order chi connectivity index (χ1) is 6.12. The van der Waals surface area contributed by atoms with Gasteiger partial charge in [0.05, 0.1) is 5.75 Å². The summed E-state index contributed by atoms with van der Waals surface area (Å²) >= 11 is 0. The number of hydrogen-bond donors (Lipinski definition) is 0. The Bertz CT molecular complexity index is 201. The van der Waals surface area contributed by atoms with Gasteiger partial charge in [0.15, 0.2) is 0 Å². The molecule has 0 saturated heterocycles. The van der Waals surface area contributed by atoms with Crippen LogP contribution >= 0.6 is 9.47 Å². The largest absolute Gasteiger partial charge is 0.269 e. The standard InChI is InChI=1S/C8H19O3PS/c1-2-3-4-5-6-7-8-13(9,10)11-12/h2-8,12H2,1H3. The van der Waals surface area contributed by atoms with Gasteiger partial charge in [0.25, 0.3) is 10.1 Å². The molecule has 0 fully saturated rings. The van der Waals surface area contributed by atoms with E-state index in [1.165, 1.54) is 19.3 Å². The average molecular weight is 226 g/mol. The minimum absolute atomic E-state index is 0.141. The monoisotopic (exact) mass is 226 g/mol. The van der Waals surface area contributed by atoms with Gasteiger partial charge in [-0.15, -0.1) is 0 Å². The van der Waals surface area contributed by atoms with Crippen molar-refractivity contribution >= 4 is 19.6 Å². The fourth-order valence-corrected chi connectivity index (χ4v) is 2.05. The van der Waals surface area contributed by atoms with Gasteiger partial charge in [-0.3, -0.25) is 3.97 Å². The van der Waals surface area contributed by atoms with Gasteiger partial charge in [-0.05, 0) is 6.42 Å². The highest BCUT2D eigenvalue weighted by Crippen LogP contribution is 2.08. The number of hydrogen-bond acceptors (Lipinski definition) is 3. The fourth-order valence-electron chi connectivity index (χ4n) is 1.11. The molecule has 1 unspecified atom stereocenters. The molecular weight excluding hydrogens is 207 g/mol. The van der Waals surface area contributed by atoms with E-state index >= 15 is 0 Å². The SMILES string of the molecule is CCCCCCCCS(=O)(=O)OP. The van der Waals surface area contributed by atoms with Crippen LogP contribution in [0.5, 0.6) is 0 Å².